The highest BCUT2D eigenvalue weighted by Gasteiger charge is 2.21. The summed E-state index contributed by atoms with van der Waals surface area (Å²) in [7, 11) is 3.86. The molecule has 0 aliphatic carbocycles. The van der Waals surface area contributed by atoms with Crippen LogP contribution in [0.5, 0.6) is 0 Å². The molecule has 0 amide bonds. The van der Waals surface area contributed by atoms with Crippen molar-refractivity contribution in [3.63, 3.8) is 0 Å². The summed E-state index contributed by atoms with van der Waals surface area (Å²) in [5, 5.41) is 8.56. The highest BCUT2D eigenvalue weighted by Crippen LogP contribution is 2.22. The lowest BCUT2D eigenvalue weighted by Crippen LogP contribution is -2.40. The maximum atomic E-state index is 5.45. The number of hydrogen-bond donors (Lipinski definition) is 0. The summed E-state index contributed by atoms with van der Waals surface area (Å²) < 4.78 is 10.9. The fourth-order valence-corrected chi connectivity index (χ4v) is 2.96. The van der Waals surface area contributed by atoms with Crippen LogP contribution in [0.25, 0.3) is 11.5 Å². The van der Waals surface area contributed by atoms with Gasteiger partial charge < -0.3 is 24.2 Å². The molecule has 4 rings (SSSR count). The standard InChI is InChI=1S/C17H24N8O2/c1-23(2)14-4-3-13(21-22-14)15-18-16(24-5-9-26-10-6-24)20-17(19-15)25-7-11-27-12-8-25/h3-4H,5-12H2,1-2H3. The Morgan fingerprint density at radius 3 is 1.78 bits per heavy atom. The number of rotatable bonds is 4. The number of nitrogens with zero attached hydrogens (tertiary/aromatic N) is 8. The van der Waals surface area contributed by atoms with Gasteiger partial charge in [-0.1, -0.05) is 0 Å². The van der Waals surface area contributed by atoms with Crippen molar-refractivity contribution in [3.8, 4) is 11.5 Å². The minimum absolute atomic E-state index is 0.533. The van der Waals surface area contributed by atoms with Crippen molar-refractivity contribution in [1.82, 2.24) is 25.1 Å². The molecule has 0 atom stereocenters. The molecule has 2 aromatic heterocycles. The van der Waals surface area contributed by atoms with E-state index in [1.807, 2.05) is 31.1 Å². The van der Waals surface area contributed by atoms with Crippen molar-refractivity contribution < 1.29 is 9.47 Å². The molecule has 144 valence electrons. The van der Waals surface area contributed by atoms with Crippen LogP contribution < -0.4 is 14.7 Å². The molecule has 0 unspecified atom stereocenters. The van der Waals surface area contributed by atoms with Crippen molar-refractivity contribution in [2.24, 2.45) is 0 Å². The van der Waals surface area contributed by atoms with E-state index in [1.54, 1.807) is 0 Å². The van der Waals surface area contributed by atoms with Crippen LogP contribution in [-0.4, -0.2) is 91.9 Å². The van der Waals surface area contributed by atoms with Crippen LogP contribution >= 0.6 is 0 Å². The number of anilines is 3. The maximum Gasteiger partial charge on any atom is 0.230 e. The van der Waals surface area contributed by atoms with Gasteiger partial charge in [-0.15, -0.1) is 10.2 Å². The summed E-state index contributed by atoms with van der Waals surface area (Å²) in [6, 6.07) is 3.80. The van der Waals surface area contributed by atoms with Gasteiger partial charge in [-0.25, -0.2) is 0 Å². The van der Waals surface area contributed by atoms with Gasteiger partial charge in [0.1, 0.15) is 5.69 Å². The van der Waals surface area contributed by atoms with Gasteiger partial charge in [0.05, 0.1) is 26.4 Å². The lowest BCUT2D eigenvalue weighted by Gasteiger charge is -2.30. The van der Waals surface area contributed by atoms with E-state index in [9.17, 15) is 0 Å². The van der Waals surface area contributed by atoms with Gasteiger partial charge >= 0.3 is 0 Å². The van der Waals surface area contributed by atoms with Gasteiger partial charge in [0.2, 0.25) is 11.9 Å². The van der Waals surface area contributed by atoms with Crippen LogP contribution in [0.3, 0.4) is 0 Å². The third-order valence-electron chi connectivity index (χ3n) is 4.54. The van der Waals surface area contributed by atoms with Gasteiger partial charge in [-0.2, -0.15) is 15.0 Å². The zero-order chi connectivity index (χ0) is 18.6. The largest absolute Gasteiger partial charge is 0.378 e. The van der Waals surface area contributed by atoms with Crippen LogP contribution in [0.4, 0.5) is 17.7 Å². The average Bonchev–Trinajstić information content (AvgIpc) is 2.75. The van der Waals surface area contributed by atoms with Gasteiger partial charge in [-0.3, -0.25) is 0 Å². The first-order valence-corrected chi connectivity index (χ1v) is 9.13. The normalized spacial score (nSPS) is 17.9. The van der Waals surface area contributed by atoms with Gasteiger partial charge in [0.15, 0.2) is 11.6 Å². The lowest BCUT2D eigenvalue weighted by atomic mass is 10.3. The molecule has 2 aromatic rings. The Balaban J connectivity index is 1.70. The molecule has 2 aliphatic heterocycles. The van der Waals surface area contributed by atoms with Crippen LogP contribution in [0.2, 0.25) is 0 Å². The predicted molar refractivity (Wildman–Crippen MR) is 101 cm³/mol. The summed E-state index contributed by atoms with van der Waals surface area (Å²) in [6.45, 7) is 5.73. The highest BCUT2D eigenvalue weighted by molar-refractivity contribution is 5.55. The lowest BCUT2D eigenvalue weighted by molar-refractivity contribution is 0.121. The summed E-state index contributed by atoms with van der Waals surface area (Å²) in [4.78, 5) is 20.2. The van der Waals surface area contributed by atoms with Crippen molar-refractivity contribution >= 4 is 17.7 Å². The van der Waals surface area contributed by atoms with Crippen LogP contribution in [0, 0.1) is 0 Å². The number of hydrogen-bond acceptors (Lipinski definition) is 10. The molecule has 0 aromatic carbocycles. The van der Waals surface area contributed by atoms with Gasteiger partial charge in [0, 0.05) is 40.3 Å². The number of aromatic nitrogens is 5. The van der Waals surface area contributed by atoms with Gasteiger partial charge in [-0.05, 0) is 12.1 Å². The van der Waals surface area contributed by atoms with E-state index in [2.05, 4.69) is 30.0 Å². The Hall–Kier alpha value is -2.59. The van der Waals surface area contributed by atoms with E-state index in [0.29, 0.717) is 49.8 Å². The Labute approximate surface area is 158 Å². The van der Waals surface area contributed by atoms with Crippen molar-refractivity contribution in [3.05, 3.63) is 12.1 Å². The first-order valence-electron chi connectivity index (χ1n) is 9.13. The first kappa shape index (κ1) is 17.8. The second-order valence-corrected chi connectivity index (χ2v) is 6.63. The molecular weight excluding hydrogens is 348 g/mol. The fourth-order valence-electron chi connectivity index (χ4n) is 2.96. The van der Waals surface area contributed by atoms with E-state index < -0.39 is 0 Å². The molecule has 2 fully saturated rings. The minimum Gasteiger partial charge on any atom is -0.378 e. The second-order valence-electron chi connectivity index (χ2n) is 6.63. The number of ether oxygens (including phenoxy) is 2. The van der Waals surface area contributed by atoms with E-state index in [-0.39, 0.29) is 0 Å². The molecule has 0 spiro atoms. The Morgan fingerprint density at radius 2 is 1.33 bits per heavy atom. The zero-order valence-electron chi connectivity index (χ0n) is 15.7. The van der Waals surface area contributed by atoms with E-state index in [0.717, 1.165) is 32.0 Å². The topological polar surface area (TPSA) is 92.6 Å². The fraction of sp³-hybridized carbons (Fsp3) is 0.588. The average molecular weight is 372 g/mol. The molecule has 10 nitrogen and oxygen atoms in total. The quantitative estimate of drug-likeness (QED) is 0.734. The number of morpholine rings is 2. The highest BCUT2D eigenvalue weighted by atomic mass is 16.5. The van der Waals surface area contributed by atoms with Crippen molar-refractivity contribution in [1.29, 1.82) is 0 Å². The Morgan fingerprint density at radius 1 is 0.778 bits per heavy atom. The smallest absolute Gasteiger partial charge is 0.230 e. The molecule has 0 bridgehead atoms. The summed E-state index contributed by atoms with van der Waals surface area (Å²) in [5.41, 5.74) is 0.631. The third kappa shape index (κ3) is 4.06. The molecule has 0 saturated carbocycles. The van der Waals surface area contributed by atoms with Crippen LogP contribution in [0.1, 0.15) is 0 Å². The molecule has 10 heteroatoms. The summed E-state index contributed by atoms with van der Waals surface area (Å²) in [6.07, 6.45) is 0. The minimum atomic E-state index is 0.533. The van der Waals surface area contributed by atoms with Crippen LogP contribution in [-0.2, 0) is 9.47 Å². The maximum absolute atomic E-state index is 5.45. The van der Waals surface area contributed by atoms with E-state index >= 15 is 0 Å². The SMILES string of the molecule is CN(C)c1ccc(-c2nc(N3CCOCC3)nc(N3CCOCC3)n2)nn1. The Kier molecular flexibility index (Phi) is 5.26. The molecule has 0 radical (unpaired) electrons. The van der Waals surface area contributed by atoms with Crippen molar-refractivity contribution in [2.75, 3.05) is 81.4 Å². The molecule has 2 saturated heterocycles. The monoisotopic (exact) mass is 372 g/mol. The van der Waals surface area contributed by atoms with Gasteiger partial charge in [0.25, 0.3) is 0 Å². The summed E-state index contributed by atoms with van der Waals surface area (Å²) >= 11 is 0. The molecule has 0 N–H and O–H groups in total. The van der Waals surface area contributed by atoms with E-state index in [1.165, 1.54) is 0 Å². The molecule has 2 aliphatic rings. The molecular formula is C17H24N8O2. The predicted octanol–water partition coefficient (Wildman–Crippen LogP) is 0.0678. The van der Waals surface area contributed by atoms with E-state index in [4.69, 9.17) is 14.5 Å². The Bertz CT molecular complexity index is 722. The van der Waals surface area contributed by atoms with Crippen molar-refractivity contribution in [2.45, 2.75) is 0 Å². The summed E-state index contributed by atoms with van der Waals surface area (Å²) in [5.74, 6) is 2.63. The molecule has 27 heavy (non-hydrogen) atoms. The third-order valence-corrected chi connectivity index (χ3v) is 4.54. The van der Waals surface area contributed by atoms with Crippen LogP contribution in [0.15, 0.2) is 12.1 Å². The first-order chi connectivity index (χ1) is 13.2. The zero-order valence-corrected chi connectivity index (χ0v) is 15.7. The molecule has 4 heterocycles. The second kappa shape index (κ2) is 7.97.